The molecule has 4 nitrogen and oxygen atoms in total. The van der Waals surface area contributed by atoms with E-state index in [1.54, 1.807) is 0 Å². The molecule has 2 aliphatic rings. The molecule has 0 radical (unpaired) electrons. The zero-order chi connectivity index (χ0) is 20.5. The van der Waals surface area contributed by atoms with Crippen LogP contribution >= 0.6 is 0 Å². The normalized spacial score (nSPS) is 19.3. The Morgan fingerprint density at radius 3 is 1.52 bits per heavy atom. The van der Waals surface area contributed by atoms with Crippen LogP contribution in [0.5, 0.6) is 0 Å². The minimum atomic E-state index is -0.131. The first-order valence-corrected chi connectivity index (χ1v) is 13.9. The van der Waals surface area contributed by atoms with Gasteiger partial charge in [-0.05, 0) is 0 Å². The maximum absolute atomic E-state index is 5.90. The second-order valence-corrected chi connectivity index (χ2v) is 14.6. The quantitative estimate of drug-likeness (QED) is 0.550. The van der Waals surface area contributed by atoms with Crippen LogP contribution in [-0.4, -0.2) is 66.0 Å². The standard InChI is InChI=1S/C23H26N2O2Se2/c1-22(2)13-26-20(24-22)16-9-5-7-11-18(16)28-15-29-19-12-8-6-10-17(19)21-25-23(3,4)14-27-21/h5-12H,13-15H2,1-4H3. The third-order valence-corrected chi connectivity index (χ3v) is 10.5. The van der Waals surface area contributed by atoms with E-state index in [1.165, 1.54) is 13.1 Å². The van der Waals surface area contributed by atoms with Gasteiger partial charge in [0.2, 0.25) is 0 Å². The molecule has 2 aromatic carbocycles. The summed E-state index contributed by atoms with van der Waals surface area (Å²) in [6.45, 7) is 9.76. The molecule has 0 amide bonds. The van der Waals surface area contributed by atoms with Gasteiger partial charge in [0.25, 0.3) is 0 Å². The summed E-state index contributed by atoms with van der Waals surface area (Å²) in [4.78, 5) is 9.55. The monoisotopic (exact) mass is 522 g/mol. The van der Waals surface area contributed by atoms with Crippen molar-refractivity contribution in [2.24, 2.45) is 9.98 Å². The van der Waals surface area contributed by atoms with E-state index < -0.39 is 0 Å². The average molecular weight is 520 g/mol. The Hall–Kier alpha value is -1.58. The fraction of sp³-hybridized carbons (Fsp3) is 0.391. The first-order chi connectivity index (χ1) is 13.8. The van der Waals surface area contributed by atoms with Crippen molar-refractivity contribution in [3.8, 4) is 0 Å². The molecule has 0 aliphatic carbocycles. The third-order valence-electron chi connectivity index (χ3n) is 4.60. The van der Waals surface area contributed by atoms with E-state index in [0.717, 1.165) is 22.9 Å². The van der Waals surface area contributed by atoms with Gasteiger partial charge in [-0.1, -0.05) is 0 Å². The number of hydrogen-bond acceptors (Lipinski definition) is 4. The number of rotatable bonds is 6. The van der Waals surface area contributed by atoms with E-state index >= 15 is 0 Å². The van der Waals surface area contributed by atoms with E-state index in [9.17, 15) is 0 Å². The number of aliphatic imine (C=N–C) groups is 2. The molecule has 0 fully saturated rings. The Morgan fingerprint density at radius 2 is 1.14 bits per heavy atom. The van der Waals surface area contributed by atoms with E-state index in [0.29, 0.717) is 43.1 Å². The van der Waals surface area contributed by atoms with Gasteiger partial charge in [-0.2, -0.15) is 0 Å². The molecule has 2 heterocycles. The number of benzene rings is 2. The van der Waals surface area contributed by atoms with Gasteiger partial charge in [0.1, 0.15) is 0 Å². The van der Waals surface area contributed by atoms with Gasteiger partial charge in [-0.15, -0.1) is 0 Å². The van der Waals surface area contributed by atoms with E-state index in [-0.39, 0.29) is 11.1 Å². The number of nitrogens with zero attached hydrogens (tertiary/aromatic N) is 2. The Morgan fingerprint density at radius 1 is 0.724 bits per heavy atom. The fourth-order valence-electron chi connectivity index (χ4n) is 3.14. The predicted octanol–water partition coefficient (Wildman–Crippen LogP) is 2.53. The topological polar surface area (TPSA) is 43.2 Å². The van der Waals surface area contributed by atoms with Gasteiger partial charge in [0, 0.05) is 0 Å². The van der Waals surface area contributed by atoms with E-state index in [1.807, 2.05) is 0 Å². The van der Waals surface area contributed by atoms with Crippen LogP contribution in [0.15, 0.2) is 58.5 Å². The van der Waals surface area contributed by atoms with Crippen molar-refractivity contribution in [3.63, 3.8) is 0 Å². The Kier molecular flexibility index (Phi) is 5.90. The average Bonchev–Trinajstić information content (AvgIpc) is 3.24. The zero-order valence-corrected chi connectivity index (χ0v) is 20.7. The zero-order valence-electron chi connectivity index (χ0n) is 17.3. The Balaban J connectivity index is 1.48. The molecule has 0 N–H and O–H groups in total. The molecule has 0 unspecified atom stereocenters. The molecular formula is C23H26N2O2Se2. The molecule has 0 saturated heterocycles. The summed E-state index contributed by atoms with van der Waals surface area (Å²) in [6, 6.07) is 17.1. The van der Waals surface area contributed by atoms with Gasteiger partial charge < -0.3 is 0 Å². The molecule has 4 rings (SSSR count). The molecule has 0 bridgehead atoms. The second-order valence-electron chi connectivity index (χ2n) is 8.43. The molecule has 0 aromatic heterocycles. The maximum atomic E-state index is 5.90. The van der Waals surface area contributed by atoms with Crippen molar-refractivity contribution in [2.75, 3.05) is 13.2 Å². The molecule has 2 aliphatic heterocycles. The molecule has 0 spiro atoms. The van der Waals surface area contributed by atoms with Crippen molar-refractivity contribution < 1.29 is 9.47 Å². The van der Waals surface area contributed by atoms with Crippen LogP contribution in [-0.2, 0) is 9.47 Å². The summed E-state index contributed by atoms with van der Waals surface area (Å²) < 4.78 is 15.7. The Bertz CT molecular complexity index is 889. The van der Waals surface area contributed by atoms with Gasteiger partial charge in [-0.25, -0.2) is 0 Å². The van der Waals surface area contributed by atoms with Crippen LogP contribution in [0.2, 0.25) is 4.22 Å². The number of hydrogen-bond donors (Lipinski definition) is 0. The Labute approximate surface area is 185 Å². The van der Waals surface area contributed by atoms with E-state index in [4.69, 9.17) is 19.5 Å². The number of ether oxygens (including phenoxy) is 2. The molecule has 6 heteroatoms. The van der Waals surface area contributed by atoms with Gasteiger partial charge in [0.15, 0.2) is 0 Å². The van der Waals surface area contributed by atoms with Crippen LogP contribution in [0.3, 0.4) is 0 Å². The first kappa shape index (κ1) is 20.7. The summed E-state index contributed by atoms with van der Waals surface area (Å²) in [7, 11) is 0. The van der Waals surface area contributed by atoms with Crippen LogP contribution in [0.1, 0.15) is 38.8 Å². The van der Waals surface area contributed by atoms with Crippen LogP contribution in [0.25, 0.3) is 0 Å². The summed E-state index contributed by atoms with van der Waals surface area (Å²) >= 11 is 0.722. The van der Waals surface area contributed by atoms with Gasteiger partial charge in [-0.3, -0.25) is 0 Å². The molecule has 152 valence electrons. The molecule has 0 atom stereocenters. The van der Waals surface area contributed by atoms with Crippen LogP contribution < -0.4 is 8.92 Å². The first-order valence-electron chi connectivity index (χ1n) is 9.73. The van der Waals surface area contributed by atoms with Crippen molar-refractivity contribution in [1.82, 2.24) is 0 Å². The summed E-state index contributed by atoms with van der Waals surface area (Å²) in [5.74, 6) is 1.60. The van der Waals surface area contributed by atoms with Crippen molar-refractivity contribution in [3.05, 3.63) is 59.7 Å². The third kappa shape index (κ3) is 4.95. The van der Waals surface area contributed by atoms with Crippen molar-refractivity contribution >= 4 is 50.6 Å². The van der Waals surface area contributed by atoms with Crippen LogP contribution in [0.4, 0.5) is 0 Å². The van der Waals surface area contributed by atoms with Crippen LogP contribution in [0, 0.1) is 0 Å². The predicted molar refractivity (Wildman–Crippen MR) is 122 cm³/mol. The summed E-state index contributed by atoms with van der Waals surface area (Å²) in [6.07, 6.45) is 0. The van der Waals surface area contributed by atoms with Gasteiger partial charge in [0.05, 0.1) is 0 Å². The van der Waals surface area contributed by atoms with Gasteiger partial charge >= 0.3 is 186 Å². The second kappa shape index (κ2) is 8.27. The minimum absolute atomic E-state index is 0.131. The SMILES string of the molecule is CC1(C)COC(c2ccccc2[Se]C[Se]c2ccccc2C2=NC(C)(C)CO2)=N1. The fourth-order valence-corrected chi connectivity index (χ4v) is 9.24. The van der Waals surface area contributed by atoms with E-state index in [2.05, 4.69) is 76.2 Å². The summed E-state index contributed by atoms with van der Waals surface area (Å²) in [5, 5.41) is 0. The molecule has 0 saturated carbocycles. The molecule has 2 aromatic rings. The molecule has 29 heavy (non-hydrogen) atoms. The molecular weight excluding hydrogens is 494 g/mol. The summed E-state index contributed by atoms with van der Waals surface area (Å²) in [5.41, 5.74) is 2.06. The van der Waals surface area contributed by atoms with Crippen molar-refractivity contribution in [2.45, 2.75) is 43.0 Å². The van der Waals surface area contributed by atoms with Crippen molar-refractivity contribution in [1.29, 1.82) is 0 Å².